The van der Waals surface area contributed by atoms with Crippen molar-refractivity contribution in [2.75, 3.05) is 25.6 Å². The summed E-state index contributed by atoms with van der Waals surface area (Å²) in [7, 11) is 1.56. The molecule has 1 saturated heterocycles. The number of methoxy groups -OCH3 is 1. The lowest BCUT2D eigenvalue weighted by molar-refractivity contribution is -0.141. The number of nitrogens with one attached hydrogen (secondary N) is 1. The molecule has 1 N–H and O–H groups in total. The molecule has 3 aromatic rings. The Balaban J connectivity index is 1.63. The van der Waals surface area contributed by atoms with Crippen LogP contribution in [-0.4, -0.2) is 41.4 Å². The number of hydrogen-bond acceptors (Lipinski definition) is 7. The van der Waals surface area contributed by atoms with Crippen molar-refractivity contribution in [1.29, 1.82) is 0 Å². The third kappa shape index (κ3) is 5.27. The van der Waals surface area contributed by atoms with E-state index in [2.05, 4.69) is 20.3 Å². The van der Waals surface area contributed by atoms with Crippen molar-refractivity contribution in [2.24, 2.45) is 5.92 Å². The molecule has 1 unspecified atom stereocenters. The lowest BCUT2D eigenvalue weighted by atomic mass is 10.0. The summed E-state index contributed by atoms with van der Waals surface area (Å²) in [5.74, 6) is 2.38. The van der Waals surface area contributed by atoms with Crippen molar-refractivity contribution in [2.45, 2.75) is 39.1 Å². The van der Waals surface area contributed by atoms with Gasteiger partial charge in [0.05, 0.1) is 19.2 Å². The predicted octanol–water partition coefficient (Wildman–Crippen LogP) is 4.78. The van der Waals surface area contributed by atoms with E-state index < -0.39 is 11.9 Å². The molecule has 4 rings (SSSR count). The average Bonchev–Trinajstić information content (AvgIpc) is 3.32. The maximum absolute atomic E-state index is 13.0. The highest BCUT2D eigenvalue weighted by Crippen LogP contribution is 2.36. The van der Waals surface area contributed by atoms with Crippen molar-refractivity contribution in [3.63, 3.8) is 0 Å². The summed E-state index contributed by atoms with van der Waals surface area (Å²) >= 11 is 0. The number of anilines is 1. The number of alkyl halides is 3. The summed E-state index contributed by atoms with van der Waals surface area (Å²) in [5.41, 5.74) is 0.133. The highest BCUT2D eigenvalue weighted by Gasteiger charge is 2.32. The fraction of sp³-hybridized carbons (Fsp3) is 0.435. The lowest BCUT2D eigenvalue weighted by Gasteiger charge is -2.22. The van der Waals surface area contributed by atoms with E-state index >= 15 is 0 Å². The van der Waals surface area contributed by atoms with Gasteiger partial charge in [0.25, 0.3) is 0 Å². The van der Waals surface area contributed by atoms with E-state index in [-0.39, 0.29) is 18.6 Å². The number of aromatic nitrogens is 3. The molecule has 3 heterocycles. The van der Waals surface area contributed by atoms with E-state index in [9.17, 15) is 13.2 Å². The first-order valence-electron chi connectivity index (χ1n) is 10.6. The molecule has 1 aliphatic rings. The number of fused-ring (bicyclic) bond motifs is 1. The smallest absolute Gasteiger partial charge is 0.433 e. The summed E-state index contributed by atoms with van der Waals surface area (Å²) in [6.07, 6.45) is -2.51. The Hall–Kier alpha value is -3.14. The van der Waals surface area contributed by atoms with Gasteiger partial charge < -0.3 is 19.5 Å². The zero-order valence-corrected chi connectivity index (χ0v) is 18.6. The van der Waals surface area contributed by atoms with Gasteiger partial charge in [0.15, 0.2) is 11.5 Å². The van der Waals surface area contributed by atoms with Gasteiger partial charge in [-0.2, -0.15) is 13.2 Å². The molecular formula is C23H25F3N4O3. The summed E-state index contributed by atoms with van der Waals surface area (Å²) in [6.45, 7) is 5.25. The topological polar surface area (TPSA) is 78.4 Å². The second kappa shape index (κ2) is 9.38. The van der Waals surface area contributed by atoms with Gasteiger partial charge >= 0.3 is 6.18 Å². The molecule has 2 aromatic heterocycles. The number of benzene rings is 1. The van der Waals surface area contributed by atoms with Crippen LogP contribution in [0.5, 0.6) is 11.5 Å². The maximum Gasteiger partial charge on any atom is 0.433 e. The molecule has 1 fully saturated rings. The minimum atomic E-state index is -4.50. The Morgan fingerprint density at radius 1 is 1.21 bits per heavy atom. The maximum atomic E-state index is 13.0. The molecular weight excluding hydrogens is 437 g/mol. The van der Waals surface area contributed by atoms with Crippen LogP contribution in [0.4, 0.5) is 19.0 Å². The number of aryl methyl sites for hydroxylation is 1. The van der Waals surface area contributed by atoms with Crippen LogP contribution in [0.2, 0.25) is 0 Å². The van der Waals surface area contributed by atoms with Gasteiger partial charge in [0.1, 0.15) is 23.4 Å². The fourth-order valence-corrected chi connectivity index (χ4v) is 3.78. The molecule has 0 bridgehead atoms. The van der Waals surface area contributed by atoms with Crippen molar-refractivity contribution in [1.82, 2.24) is 15.0 Å². The molecule has 10 heteroatoms. The van der Waals surface area contributed by atoms with Gasteiger partial charge in [-0.05, 0) is 44.0 Å². The molecule has 1 aromatic carbocycles. The molecule has 1 aliphatic heterocycles. The Morgan fingerprint density at radius 2 is 2.03 bits per heavy atom. The summed E-state index contributed by atoms with van der Waals surface area (Å²) in [4.78, 5) is 12.3. The van der Waals surface area contributed by atoms with Gasteiger partial charge in [0.2, 0.25) is 0 Å². The lowest BCUT2D eigenvalue weighted by Crippen LogP contribution is -2.24. The van der Waals surface area contributed by atoms with Crippen molar-refractivity contribution in [3.05, 3.63) is 47.5 Å². The van der Waals surface area contributed by atoms with Crippen LogP contribution < -0.4 is 14.8 Å². The Labute approximate surface area is 189 Å². The van der Waals surface area contributed by atoms with Crippen LogP contribution in [0, 0.1) is 12.8 Å². The SMILES string of the molecule is COc1cc2nc(C)nc(NCc3ccnc(C(F)(F)F)c3)c2cc1OC(C)[C@@H]1CCOC1. The minimum absolute atomic E-state index is 0.0840. The van der Waals surface area contributed by atoms with Gasteiger partial charge in [0, 0.05) is 36.7 Å². The van der Waals surface area contributed by atoms with Gasteiger partial charge in [-0.1, -0.05) is 0 Å². The number of hydrogen-bond donors (Lipinski definition) is 1. The second-order valence-corrected chi connectivity index (χ2v) is 7.99. The summed E-state index contributed by atoms with van der Waals surface area (Å²) < 4.78 is 56.2. The van der Waals surface area contributed by atoms with Gasteiger partial charge in [-0.15, -0.1) is 0 Å². The molecule has 0 spiro atoms. The largest absolute Gasteiger partial charge is 0.493 e. The van der Waals surface area contributed by atoms with Crippen LogP contribution in [0.15, 0.2) is 30.5 Å². The van der Waals surface area contributed by atoms with Crippen LogP contribution in [0.25, 0.3) is 10.9 Å². The Morgan fingerprint density at radius 3 is 2.73 bits per heavy atom. The van der Waals surface area contributed by atoms with E-state index in [0.29, 0.717) is 46.2 Å². The predicted molar refractivity (Wildman–Crippen MR) is 116 cm³/mol. The molecule has 0 saturated carbocycles. The van der Waals surface area contributed by atoms with Crippen molar-refractivity contribution < 1.29 is 27.4 Å². The van der Waals surface area contributed by atoms with Crippen molar-refractivity contribution >= 4 is 16.7 Å². The molecule has 176 valence electrons. The number of rotatable bonds is 7. The first-order chi connectivity index (χ1) is 15.7. The van der Waals surface area contributed by atoms with E-state index in [1.807, 2.05) is 6.92 Å². The number of pyridine rings is 1. The van der Waals surface area contributed by atoms with E-state index in [0.717, 1.165) is 25.3 Å². The van der Waals surface area contributed by atoms with E-state index in [1.54, 1.807) is 26.2 Å². The average molecular weight is 462 g/mol. The van der Waals surface area contributed by atoms with Crippen LogP contribution in [-0.2, 0) is 17.5 Å². The van der Waals surface area contributed by atoms with Gasteiger partial charge in [-0.3, -0.25) is 4.98 Å². The zero-order chi connectivity index (χ0) is 23.6. The summed E-state index contributed by atoms with van der Waals surface area (Å²) in [6, 6.07) is 6.13. The second-order valence-electron chi connectivity index (χ2n) is 7.99. The van der Waals surface area contributed by atoms with Crippen LogP contribution >= 0.6 is 0 Å². The quantitative estimate of drug-likeness (QED) is 0.542. The normalized spacial score (nSPS) is 17.2. The van der Waals surface area contributed by atoms with Crippen LogP contribution in [0.3, 0.4) is 0 Å². The first kappa shape index (κ1) is 23.0. The van der Waals surface area contributed by atoms with Gasteiger partial charge in [-0.25, -0.2) is 9.97 Å². The Kier molecular flexibility index (Phi) is 6.55. The fourth-order valence-electron chi connectivity index (χ4n) is 3.78. The minimum Gasteiger partial charge on any atom is -0.493 e. The monoisotopic (exact) mass is 462 g/mol. The summed E-state index contributed by atoms with van der Waals surface area (Å²) in [5, 5.41) is 3.81. The van der Waals surface area contributed by atoms with Crippen LogP contribution in [0.1, 0.15) is 30.4 Å². The molecule has 33 heavy (non-hydrogen) atoms. The Bertz CT molecular complexity index is 1130. The molecule has 0 aliphatic carbocycles. The van der Waals surface area contributed by atoms with Crippen molar-refractivity contribution in [3.8, 4) is 11.5 Å². The van der Waals surface area contributed by atoms with E-state index in [4.69, 9.17) is 14.2 Å². The number of halogens is 3. The number of ether oxygens (including phenoxy) is 3. The molecule has 0 amide bonds. The highest BCUT2D eigenvalue weighted by atomic mass is 19.4. The standard InChI is InChI=1S/C23H25F3N4O3/c1-13(16-5-7-32-12-16)33-20-9-17-18(10-19(20)31-3)29-14(2)30-22(17)28-11-15-4-6-27-21(8-15)23(24,25)26/h4,6,8-10,13,16H,5,7,11-12H2,1-3H3,(H,28,29,30)/t13?,16-/m1/s1. The third-order valence-corrected chi connectivity index (χ3v) is 5.61. The molecule has 2 atom stereocenters. The van der Waals surface area contributed by atoms with E-state index in [1.165, 1.54) is 6.07 Å². The first-order valence-corrected chi connectivity index (χ1v) is 10.6. The zero-order valence-electron chi connectivity index (χ0n) is 18.6. The molecule has 7 nitrogen and oxygen atoms in total. The highest BCUT2D eigenvalue weighted by molar-refractivity contribution is 5.91. The third-order valence-electron chi connectivity index (χ3n) is 5.61. The molecule has 0 radical (unpaired) electrons. The number of nitrogens with zero attached hydrogens (tertiary/aromatic N) is 3.